The third-order valence-corrected chi connectivity index (χ3v) is 6.40. The summed E-state index contributed by atoms with van der Waals surface area (Å²) in [5.41, 5.74) is -0.552. The van der Waals surface area contributed by atoms with Crippen molar-refractivity contribution in [1.29, 1.82) is 0 Å². The minimum Gasteiger partial charge on any atom is -0.461 e. The van der Waals surface area contributed by atoms with Crippen molar-refractivity contribution >= 4 is 27.8 Å². The van der Waals surface area contributed by atoms with Gasteiger partial charge in [0.2, 0.25) is 10.0 Å². The molecule has 0 saturated heterocycles. The zero-order valence-corrected chi connectivity index (χ0v) is 16.7. The lowest BCUT2D eigenvalue weighted by Crippen LogP contribution is -2.22. The topological polar surface area (TPSA) is 63.7 Å². The van der Waals surface area contributed by atoms with Crippen LogP contribution in [0.1, 0.15) is 15.9 Å². The molecule has 0 aromatic heterocycles. The third-order valence-electron chi connectivity index (χ3n) is 3.62. The molecule has 0 aliphatic rings. The molecule has 28 heavy (non-hydrogen) atoms. The van der Waals surface area contributed by atoms with Crippen LogP contribution >= 0.6 is 11.8 Å². The van der Waals surface area contributed by atoms with Crippen molar-refractivity contribution in [2.45, 2.75) is 16.0 Å². The van der Waals surface area contributed by atoms with Gasteiger partial charge in [-0.05, 0) is 42.5 Å². The summed E-state index contributed by atoms with van der Waals surface area (Å²) in [4.78, 5) is 12.5. The molecule has 0 aliphatic heterocycles. The SMILES string of the molecule is CN(C)S(=O)(=O)c1ccc(C(=O)OCCSc2cccc(C(F)(F)F)c2)cc1. The van der Waals surface area contributed by atoms with E-state index in [1.807, 2.05) is 0 Å². The Bertz CT molecular complexity index is 927. The van der Waals surface area contributed by atoms with Crippen LogP contribution < -0.4 is 0 Å². The second kappa shape index (κ2) is 8.97. The summed E-state index contributed by atoms with van der Waals surface area (Å²) in [5, 5.41) is 0. The molecule has 0 saturated carbocycles. The van der Waals surface area contributed by atoms with E-state index in [-0.39, 0.29) is 22.8 Å². The summed E-state index contributed by atoms with van der Waals surface area (Å²) < 4.78 is 68.1. The highest BCUT2D eigenvalue weighted by Gasteiger charge is 2.30. The normalized spacial score (nSPS) is 12.2. The molecule has 0 atom stereocenters. The van der Waals surface area contributed by atoms with Gasteiger partial charge in [0, 0.05) is 24.7 Å². The predicted octanol–water partition coefficient (Wildman–Crippen LogP) is 3.90. The monoisotopic (exact) mass is 433 g/mol. The lowest BCUT2D eigenvalue weighted by Gasteiger charge is -2.11. The Labute approximate surface area is 165 Å². The number of carbonyl (C=O) groups excluding carboxylic acids is 1. The van der Waals surface area contributed by atoms with Gasteiger partial charge in [0.1, 0.15) is 6.61 Å². The molecule has 0 amide bonds. The van der Waals surface area contributed by atoms with Gasteiger partial charge in [-0.2, -0.15) is 13.2 Å². The van der Waals surface area contributed by atoms with Crippen molar-refractivity contribution in [2.24, 2.45) is 0 Å². The Hall–Kier alpha value is -2.04. The fourth-order valence-electron chi connectivity index (χ4n) is 2.11. The summed E-state index contributed by atoms with van der Waals surface area (Å²) in [6.45, 7) is -0.00249. The van der Waals surface area contributed by atoms with E-state index in [9.17, 15) is 26.4 Å². The number of esters is 1. The standard InChI is InChI=1S/C18H18F3NO4S2/c1-22(2)28(24,25)16-8-6-13(7-9-16)17(23)26-10-11-27-15-5-3-4-14(12-15)18(19,20)21/h3-9,12H,10-11H2,1-2H3. The molecule has 10 heteroatoms. The van der Waals surface area contributed by atoms with Crippen LogP contribution in [-0.2, 0) is 20.9 Å². The van der Waals surface area contributed by atoms with Gasteiger partial charge in [0.25, 0.3) is 0 Å². The molecule has 0 radical (unpaired) electrons. The molecule has 2 aromatic carbocycles. The number of benzene rings is 2. The Balaban J connectivity index is 1.88. The van der Waals surface area contributed by atoms with E-state index < -0.39 is 27.7 Å². The first-order valence-electron chi connectivity index (χ1n) is 8.01. The van der Waals surface area contributed by atoms with Gasteiger partial charge in [-0.1, -0.05) is 6.07 Å². The highest BCUT2D eigenvalue weighted by molar-refractivity contribution is 7.99. The minimum absolute atomic E-state index is 0.00249. The number of rotatable bonds is 7. The fraction of sp³-hybridized carbons (Fsp3) is 0.278. The van der Waals surface area contributed by atoms with Gasteiger partial charge in [-0.3, -0.25) is 0 Å². The first kappa shape index (κ1) is 22.3. The molecule has 0 spiro atoms. The highest BCUT2D eigenvalue weighted by Crippen LogP contribution is 2.31. The van der Waals surface area contributed by atoms with Gasteiger partial charge in [-0.15, -0.1) is 11.8 Å². The lowest BCUT2D eigenvalue weighted by molar-refractivity contribution is -0.137. The number of carbonyl (C=O) groups is 1. The second-order valence-electron chi connectivity index (χ2n) is 5.82. The van der Waals surface area contributed by atoms with Crippen molar-refractivity contribution in [2.75, 3.05) is 26.5 Å². The quantitative estimate of drug-likeness (QED) is 0.376. The molecule has 2 rings (SSSR count). The number of alkyl halides is 3. The molecule has 152 valence electrons. The number of sulfonamides is 1. The summed E-state index contributed by atoms with van der Waals surface area (Å²) >= 11 is 1.13. The Morgan fingerprint density at radius 2 is 1.75 bits per heavy atom. The number of nitrogens with zero attached hydrogens (tertiary/aromatic N) is 1. The van der Waals surface area contributed by atoms with E-state index in [0.717, 1.165) is 28.2 Å². The zero-order valence-electron chi connectivity index (χ0n) is 15.1. The predicted molar refractivity (Wildman–Crippen MR) is 99.8 cm³/mol. The third kappa shape index (κ3) is 5.73. The number of ether oxygens (including phenoxy) is 1. The molecular formula is C18H18F3NO4S2. The van der Waals surface area contributed by atoms with Crippen molar-refractivity contribution in [3.8, 4) is 0 Å². The van der Waals surface area contributed by atoms with Crippen LogP contribution in [0.5, 0.6) is 0 Å². The van der Waals surface area contributed by atoms with E-state index in [1.54, 1.807) is 6.07 Å². The lowest BCUT2D eigenvalue weighted by atomic mass is 10.2. The summed E-state index contributed by atoms with van der Waals surface area (Å²) in [6.07, 6.45) is -4.41. The van der Waals surface area contributed by atoms with Gasteiger partial charge in [0.05, 0.1) is 16.0 Å². The van der Waals surface area contributed by atoms with Gasteiger partial charge < -0.3 is 4.74 Å². The van der Waals surface area contributed by atoms with E-state index in [0.29, 0.717) is 4.90 Å². The first-order valence-corrected chi connectivity index (χ1v) is 10.4. The van der Waals surface area contributed by atoms with Crippen LogP contribution in [0.2, 0.25) is 0 Å². The Morgan fingerprint density at radius 3 is 2.32 bits per heavy atom. The van der Waals surface area contributed by atoms with E-state index >= 15 is 0 Å². The summed E-state index contributed by atoms with van der Waals surface area (Å²) in [7, 11) is -0.782. The van der Waals surface area contributed by atoms with Gasteiger partial charge in [0.15, 0.2) is 0 Å². The van der Waals surface area contributed by atoms with Crippen molar-refractivity contribution in [3.05, 3.63) is 59.7 Å². The van der Waals surface area contributed by atoms with Crippen molar-refractivity contribution in [3.63, 3.8) is 0 Å². The maximum atomic E-state index is 12.7. The molecule has 0 bridgehead atoms. The van der Waals surface area contributed by atoms with E-state index in [1.165, 1.54) is 44.4 Å². The van der Waals surface area contributed by atoms with Crippen LogP contribution in [0.4, 0.5) is 13.2 Å². The van der Waals surface area contributed by atoms with E-state index in [4.69, 9.17) is 4.74 Å². The average molecular weight is 433 g/mol. The Morgan fingerprint density at radius 1 is 1.11 bits per heavy atom. The minimum atomic E-state index is -4.41. The molecular weight excluding hydrogens is 415 g/mol. The number of hydrogen-bond acceptors (Lipinski definition) is 5. The maximum Gasteiger partial charge on any atom is 0.416 e. The van der Waals surface area contributed by atoms with Crippen molar-refractivity contribution < 1.29 is 31.1 Å². The number of hydrogen-bond donors (Lipinski definition) is 0. The summed E-state index contributed by atoms with van der Waals surface area (Å²) in [5.74, 6) is -0.362. The zero-order chi connectivity index (χ0) is 20.9. The Kier molecular flexibility index (Phi) is 7.13. The summed E-state index contributed by atoms with van der Waals surface area (Å²) in [6, 6.07) is 10.2. The largest absolute Gasteiger partial charge is 0.461 e. The number of thioether (sulfide) groups is 1. The number of halogens is 3. The van der Waals surface area contributed by atoms with Crippen molar-refractivity contribution in [1.82, 2.24) is 4.31 Å². The first-order chi connectivity index (χ1) is 13.0. The highest BCUT2D eigenvalue weighted by atomic mass is 32.2. The van der Waals surface area contributed by atoms with Crippen LogP contribution in [0.15, 0.2) is 58.3 Å². The van der Waals surface area contributed by atoms with Crippen LogP contribution in [0, 0.1) is 0 Å². The van der Waals surface area contributed by atoms with Gasteiger partial charge in [-0.25, -0.2) is 17.5 Å². The maximum absolute atomic E-state index is 12.7. The molecule has 0 unspecified atom stereocenters. The van der Waals surface area contributed by atoms with Crippen LogP contribution in [-0.4, -0.2) is 45.1 Å². The second-order valence-corrected chi connectivity index (χ2v) is 9.14. The van der Waals surface area contributed by atoms with E-state index in [2.05, 4.69) is 0 Å². The molecule has 0 aliphatic carbocycles. The molecule has 0 heterocycles. The fourth-order valence-corrected chi connectivity index (χ4v) is 3.80. The average Bonchev–Trinajstić information content (AvgIpc) is 2.64. The molecule has 0 fully saturated rings. The smallest absolute Gasteiger partial charge is 0.416 e. The molecule has 0 N–H and O–H groups in total. The van der Waals surface area contributed by atoms with Crippen LogP contribution in [0.3, 0.4) is 0 Å². The molecule has 2 aromatic rings. The van der Waals surface area contributed by atoms with Gasteiger partial charge >= 0.3 is 12.1 Å². The van der Waals surface area contributed by atoms with Crippen LogP contribution in [0.25, 0.3) is 0 Å². The molecule has 5 nitrogen and oxygen atoms in total.